The zero-order valence-corrected chi connectivity index (χ0v) is 15.2. The van der Waals surface area contributed by atoms with Crippen molar-refractivity contribution in [3.8, 4) is 16.8 Å². The van der Waals surface area contributed by atoms with Crippen molar-refractivity contribution in [2.45, 2.75) is 13.8 Å². The molecule has 0 aliphatic carbocycles. The molecule has 2 aromatic heterocycles. The predicted molar refractivity (Wildman–Crippen MR) is 106 cm³/mol. The molecule has 0 amide bonds. The normalized spacial score (nSPS) is 11.7. The maximum absolute atomic E-state index is 5.14. The van der Waals surface area contributed by atoms with E-state index >= 15 is 0 Å². The summed E-state index contributed by atoms with van der Waals surface area (Å²) < 4.78 is 2.07. The van der Waals surface area contributed by atoms with Crippen LogP contribution in [0.15, 0.2) is 72.7 Å². The number of hydrogen-bond acceptors (Lipinski definition) is 5. The Morgan fingerprint density at radius 2 is 1.93 bits per heavy atom. The summed E-state index contributed by atoms with van der Waals surface area (Å²) >= 11 is 0. The van der Waals surface area contributed by atoms with E-state index in [1.165, 1.54) is 6.33 Å². The van der Waals surface area contributed by atoms with Gasteiger partial charge in [-0.3, -0.25) is 4.57 Å². The van der Waals surface area contributed by atoms with Gasteiger partial charge in [-0.2, -0.15) is 0 Å². The first-order valence-corrected chi connectivity index (χ1v) is 8.76. The van der Waals surface area contributed by atoms with E-state index in [9.17, 15) is 0 Å². The van der Waals surface area contributed by atoms with Gasteiger partial charge in [-0.25, -0.2) is 15.0 Å². The number of fused-ring (bicyclic) bond motifs is 1. The van der Waals surface area contributed by atoms with Crippen LogP contribution in [0.5, 0.6) is 0 Å². The van der Waals surface area contributed by atoms with Crippen molar-refractivity contribution >= 4 is 16.7 Å². The average Bonchev–Trinajstić information content (AvgIpc) is 3.16. The topological polar surface area (TPSA) is 65.2 Å². The molecule has 134 valence electrons. The molecule has 2 aromatic carbocycles. The summed E-state index contributed by atoms with van der Waals surface area (Å²) in [7, 11) is 0. The van der Waals surface area contributed by atoms with Crippen LogP contribution in [-0.4, -0.2) is 31.8 Å². The van der Waals surface area contributed by atoms with Crippen LogP contribution in [0.1, 0.15) is 19.4 Å². The van der Waals surface area contributed by atoms with E-state index in [1.807, 2.05) is 56.8 Å². The summed E-state index contributed by atoms with van der Waals surface area (Å²) in [5.74, 6) is 0. The number of nitrogens with zero attached hydrogens (tertiary/aromatic N) is 5. The summed E-state index contributed by atoms with van der Waals surface area (Å²) in [6.07, 6.45) is 6.99. The van der Waals surface area contributed by atoms with Gasteiger partial charge in [-0.05, 0) is 43.7 Å². The van der Waals surface area contributed by atoms with Crippen molar-refractivity contribution in [2.75, 3.05) is 6.61 Å². The Balaban J connectivity index is 1.73. The van der Waals surface area contributed by atoms with Gasteiger partial charge in [0.25, 0.3) is 0 Å². The predicted octanol–water partition coefficient (Wildman–Crippen LogP) is 4.24. The molecule has 0 N–H and O–H groups in total. The molecule has 0 spiro atoms. The van der Waals surface area contributed by atoms with Crippen LogP contribution < -0.4 is 0 Å². The maximum Gasteiger partial charge on any atom is 0.115 e. The van der Waals surface area contributed by atoms with Gasteiger partial charge < -0.3 is 4.84 Å². The molecule has 27 heavy (non-hydrogen) atoms. The van der Waals surface area contributed by atoms with Gasteiger partial charge in [-0.15, -0.1) is 0 Å². The summed E-state index contributed by atoms with van der Waals surface area (Å²) in [4.78, 5) is 17.9. The van der Waals surface area contributed by atoms with Gasteiger partial charge in [-0.1, -0.05) is 23.4 Å². The van der Waals surface area contributed by atoms with E-state index in [2.05, 4.69) is 42.9 Å². The van der Waals surface area contributed by atoms with Crippen molar-refractivity contribution in [1.82, 2.24) is 19.5 Å². The van der Waals surface area contributed by atoms with Crippen LogP contribution >= 0.6 is 0 Å². The summed E-state index contributed by atoms with van der Waals surface area (Å²) in [5.41, 5.74) is 6.85. The molecule has 2 heterocycles. The molecule has 0 saturated carbocycles. The Bertz CT molecular complexity index is 1100. The molecule has 4 aromatic rings. The Hall–Kier alpha value is -3.54. The maximum atomic E-state index is 5.14. The van der Waals surface area contributed by atoms with E-state index in [4.69, 9.17) is 4.84 Å². The lowest BCUT2D eigenvalue weighted by molar-refractivity contribution is 0.159. The average molecular weight is 357 g/mol. The van der Waals surface area contributed by atoms with Gasteiger partial charge in [0.15, 0.2) is 0 Å². The minimum Gasteiger partial charge on any atom is -0.396 e. The SMILES string of the molecule is CCON=C(C)c1ccc2c(c1)ncn2-c1cccc(-c2cncnc2)c1. The fourth-order valence-corrected chi connectivity index (χ4v) is 2.94. The van der Waals surface area contributed by atoms with Gasteiger partial charge in [0.1, 0.15) is 19.3 Å². The Labute approximate surface area is 157 Å². The van der Waals surface area contributed by atoms with Crippen molar-refractivity contribution in [3.05, 3.63) is 73.1 Å². The zero-order valence-electron chi connectivity index (χ0n) is 15.2. The Morgan fingerprint density at radius 3 is 2.74 bits per heavy atom. The smallest absolute Gasteiger partial charge is 0.115 e. The summed E-state index contributed by atoms with van der Waals surface area (Å²) in [5, 5.41) is 4.10. The lowest BCUT2D eigenvalue weighted by atomic mass is 10.1. The van der Waals surface area contributed by atoms with E-state index < -0.39 is 0 Å². The van der Waals surface area contributed by atoms with Crippen LogP contribution in [-0.2, 0) is 4.84 Å². The number of benzene rings is 2. The number of oxime groups is 1. The zero-order chi connectivity index (χ0) is 18.6. The largest absolute Gasteiger partial charge is 0.396 e. The van der Waals surface area contributed by atoms with Crippen LogP contribution in [0.4, 0.5) is 0 Å². The second-order valence-corrected chi connectivity index (χ2v) is 6.09. The third-order valence-corrected chi connectivity index (χ3v) is 4.31. The number of rotatable bonds is 5. The molecule has 0 unspecified atom stereocenters. The molecule has 6 heteroatoms. The minimum absolute atomic E-state index is 0.553. The molecule has 0 saturated heterocycles. The van der Waals surface area contributed by atoms with E-state index in [-0.39, 0.29) is 0 Å². The number of aromatic nitrogens is 4. The molecule has 0 atom stereocenters. The molecule has 4 rings (SSSR count). The molecule has 0 aliphatic rings. The Kier molecular flexibility index (Phi) is 4.61. The number of hydrogen-bond donors (Lipinski definition) is 0. The second-order valence-electron chi connectivity index (χ2n) is 6.09. The first-order chi connectivity index (χ1) is 13.3. The third-order valence-electron chi connectivity index (χ3n) is 4.31. The van der Waals surface area contributed by atoms with Crippen molar-refractivity contribution in [3.63, 3.8) is 0 Å². The molecule has 0 aliphatic heterocycles. The van der Waals surface area contributed by atoms with Gasteiger partial charge in [0.05, 0.1) is 16.7 Å². The number of imidazole rings is 1. The van der Waals surface area contributed by atoms with Crippen molar-refractivity contribution in [2.24, 2.45) is 5.16 Å². The van der Waals surface area contributed by atoms with Crippen LogP contribution in [0, 0.1) is 0 Å². The minimum atomic E-state index is 0.553. The lowest BCUT2D eigenvalue weighted by Gasteiger charge is -2.08. The van der Waals surface area contributed by atoms with Gasteiger partial charge >= 0.3 is 0 Å². The highest BCUT2D eigenvalue weighted by molar-refractivity contribution is 6.00. The lowest BCUT2D eigenvalue weighted by Crippen LogP contribution is -1.97. The second kappa shape index (κ2) is 7.37. The Morgan fingerprint density at radius 1 is 1.07 bits per heavy atom. The quantitative estimate of drug-likeness (QED) is 0.396. The molecule has 0 fully saturated rings. The standard InChI is InChI=1S/C21H19N5O/c1-3-27-25-15(2)16-7-8-21-20(10-16)24-14-26(21)19-6-4-5-17(9-19)18-11-22-13-23-12-18/h4-14H,3H2,1-2H3. The molecule has 0 bridgehead atoms. The monoisotopic (exact) mass is 357 g/mol. The highest BCUT2D eigenvalue weighted by atomic mass is 16.6. The highest BCUT2D eigenvalue weighted by Gasteiger charge is 2.08. The third kappa shape index (κ3) is 3.42. The molecular weight excluding hydrogens is 338 g/mol. The van der Waals surface area contributed by atoms with Gasteiger partial charge in [0, 0.05) is 29.2 Å². The summed E-state index contributed by atoms with van der Waals surface area (Å²) in [6.45, 7) is 4.40. The van der Waals surface area contributed by atoms with Crippen LogP contribution in [0.25, 0.3) is 27.8 Å². The van der Waals surface area contributed by atoms with Crippen LogP contribution in [0.2, 0.25) is 0 Å². The van der Waals surface area contributed by atoms with Gasteiger partial charge in [0.2, 0.25) is 0 Å². The fraction of sp³-hybridized carbons (Fsp3) is 0.143. The molecule has 6 nitrogen and oxygen atoms in total. The van der Waals surface area contributed by atoms with Crippen LogP contribution in [0.3, 0.4) is 0 Å². The molecular formula is C21H19N5O. The first kappa shape index (κ1) is 16.9. The highest BCUT2D eigenvalue weighted by Crippen LogP contribution is 2.24. The van der Waals surface area contributed by atoms with Crippen molar-refractivity contribution < 1.29 is 4.84 Å². The fourth-order valence-electron chi connectivity index (χ4n) is 2.94. The first-order valence-electron chi connectivity index (χ1n) is 8.76. The van der Waals surface area contributed by atoms with E-state index in [0.29, 0.717) is 6.61 Å². The van der Waals surface area contributed by atoms with E-state index in [0.717, 1.165) is 39.1 Å². The van der Waals surface area contributed by atoms with E-state index in [1.54, 1.807) is 0 Å². The summed E-state index contributed by atoms with van der Waals surface area (Å²) in [6, 6.07) is 14.4. The molecule has 0 radical (unpaired) electrons. The van der Waals surface area contributed by atoms with Crippen molar-refractivity contribution in [1.29, 1.82) is 0 Å².